The molecule has 15 heteroatoms. The Morgan fingerprint density at radius 3 is 0.690 bits per heavy atom. The predicted molar refractivity (Wildman–Crippen MR) is 66.4 cm³/mol. The molecule has 0 amide bonds. The topological polar surface area (TPSA) is 74.6 Å². The van der Waals surface area contributed by atoms with E-state index in [4.69, 9.17) is 10.2 Å². The largest absolute Gasteiger partial charge is 0.477 e. The van der Waals surface area contributed by atoms with Crippen LogP contribution in [-0.2, 0) is 27.3 Å². The van der Waals surface area contributed by atoms with Gasteiger partial charge in [-0.1, -0.05) is 0 Å². The van der Waals surface area contributed by atoms with Crippen LogP contribution in [0.4, 0.5) is 43.9 Å². The van der Waals surface area contributed by atoms with Gasteiger partial charge in [0.05, 0.1) is 0 Å². The fourth-order valence-electron chi connectivity index (χ4n) is 1.59. The van der Waals surface area contributed by atoms with Gasteiger partial charge in [-0.05, 0) is 0 Å². The maximum Gasteiger partial charge on any atom is 0.341 e. The minimum absolute atomic E-state index is 0. The summed E-state index contributed by atoms with van der Waals surface area (Å²) >= 11 is 0. The molecule has 154 valence electrons. The third-order valence-electron chi connectivity index (χ3n) is 2.85. The van der Waals surface area contributed by atoms with Crippen molar-refractivity contribution in [1.29, 1.82) is 0 Å². The number of carboxylic acid groups (broad SMARTS) is 2. The number of aromatic carboxylic acids is 2. The van der Waals surface area contributed by atoms with Gasteiger partial charge in [0.25, 0.3) is 0 Å². The number of halogens is 10. The van der Waals surface area contributed by atoms with Crippen molar-refractivity contribution in [3.05, 3.63) is 69.3 Å². The molecule has 0 aliphatic heterocycles. The quantitative estimate of drug-likeness (QED) is 0.262. The first-order valence-corrected chi connectivity index (χ1v) is 6.25. The van der Waals surface area contributed by atoms with Crippen LogP contribution in [-0.4, -0.2) is 22.2 Å². The molecule has 0 aromatic heterocycles. The zero-order chi connectivity index (χ0) is 22.1. The Morgan fingerprint density at radius 1 is 0.414 bits per heavy atom. The normalized spacial score (nSPS) is 10.0. The monoisotopic (exact) mass is 538 g/mol. The van der Waals surface area contributed by atoms with Crippen LogP contribution in [0.25, 0.3) is 0 Å². The van der Waals surface area contributed by atoms with E-state index in [9.17, 15) is 53.5 Å². The van der Waals surface area contributed by atoms with Gasteiger partial charge in [-0.2, -0.15) is 0 Å². The molecular weight excluding hydrogens is 535 g/mol. The summed E-state index contributed by atoms with van der Waals surface area (Å²) < 4.78 is 124. The SMILES string of the molecule is O=C(O)c1c(F)c(F)c(F)c(F)c1F.O=C(O)c1c(F)c(F)c(F)c(F)c1F.[Cd]. The second-order valence-electron chi connectivity index (χ2n) is 4.50. The molecule has 0 heterocycles. The summed E-state index contributed by atoms with van der Waals surface area (Å²) in [5, 5.41) is 16.3. The molecule has 0 aliphatic rings. The van der Waals surface area contributed by atoms with Gasteiger partial charge in [0.1, 0.15) is 11.1 Å². The van der Waals surface area contributed by atoms with Crippen molar-refractivity contribution in [2.24, 2.45) is 0 Å². The third-order valence-corrected chi connectivity index (χ3v) is 2.85. The number of carboxylic acids is 2. The Bertz CT molecular complexity index is 858. The smallest absolute Gasteiger partial charge is 0.341 e. The molecule has 2 aromatic carbocycles. The molecular formula is C14H2CdF10O4. The van der Waals surface area contributed by atoms with Gasteiger partial charge < -0.3 is 10.2 Å². The van der Waals surface area contributed by atoms with Crippen molar-refractivity contribution in [3.63, 3.8) is 0 Å². The van der Waals surface area contributed by atoms with E-state index < -0.39 is 81.2 Å². The van der Waals surface area contributed by atoms with Gasteiger partial charge in [0, 0.05) is 27.3 Å². The standard InChI is InChI=1S/2C7HF5O2.Cd/c2*8-2-1(7(13)14)3(9)5(11)6(12)4(2)10;/h2*(H,13,14);. The molecule has 0 aliphatic carbocycles. The molecule has 0 saturated carbocycles. The first-order valence-electron chi connectivity index (χ1n) is 6.25. The van der Waals surface area contributed by atoms with Crippen molar-refractivity contribution in [2.75, 3.05) is 0 Å². The van der Waals surface area contributed by atoms with Gasteiger partial charge in [-0.3, -0.25) is 0 Å². The molecule has 0 spiro atoms. The molecule has 4 nitrogen and oxygen atoms in total. The summed E-state index contributed by atoms with van der Waals surface area (Å²) in [6, 6.07) is 0. The van der Waals surface area contributed by atoms with Crippen LogP contribution in [0.3, 0.4) is 0 Å². The zero-order valence-electron chi connectivity index (χ0n) is 13.2. The molecule has 0 bridgehead atoms. The molecule has 0 saturated heterocycles. The number of carbonyl (C=O) groups is 2. The summed E-state index contributed by atoms with van der Waals surface area (Å²) in [6.07, 6.45) is 0. The summed E-state index contributed by atoms with van der Waals surface area (Å²) in [5.41, 5.74) is -3.72. The van der Waals surface area contributed by atoms with Crippen LogP contribution in [0.5, 0.6) is 0 Å². The zero-order valence-corrected chi connectivity index (χ0v) is 17.2. The van der Waals surface area contributed by atoms with E-state index in [-0.39, 0.29) is 27.3 Å². The fraction of sp³-hybridized carbons (Fsp3) is 0. The predicted octanol–water partition coefficient (Wildman–Crippen LogP) is 4.16. The molecule has 29 heavy (non-hydrogen) atoms. The fourth-order valence-corrected chi connectivity index (χ4v) is 1.59. The summed E-state index contributed by atoms with van der Waals surface area (Å²) in [5.74, 6) is -27.7. The first kappa shape index (κ1) is 26.6. The van der Waals surface area contributed by atoms with Crippen LogP contribution < -0.4 is 0 Å². The van der Waals surface area contributed by atoms with Crippen LogP contribution in [0, 0.1) is 58.2 Å². The molecule has 0 radical (unpaired) electrons. The van der Waals surface area contributed by atoms with E-state index >= 15 is 0 Å². The van der Waals surface area contributed by atoms with Crippen LogP contribution >= 0.6 is 0 Å². The van der Waals surface area contributed by atoms with Crippen molar-refractivity contribution < 1.29 is 91.0 Å². The van der Waals surface area contributed by atoms with Crippen molar-refractivity contribution in [1.82, 2.24) is 0 Å². The van der Waals surface area contributed by atoms with Crippen molar-refractivity contribution in [2.45, 2.75) is 0 Å². The molecule has 0 fully saturated rings. The Kier molecular flexibility index (Phi) is 9.06. The summed E-state index contributed by atoms with van der Waals surface area (Å²) in [7, 11) is 0. The van der Waals surface area contributed by atoms with Crippen LogP contribution in [0.2, 0.25) is 0 Å². The molecule has 0 atom stereocenters. The molecule has 2 N–H and O–H groups in total. The maximum atomic E-state index is 12.6. The third kappa shape index (κ3) is 4.96. The molecule has 0 unspecified atom stereocenters. The minimum Gasteiger partial charge on any atom is -0.477 e. The second-order valence-corrected chi connectivity index (χ2v) is 4.50. The average molecular weight is 537 g/mol. The number of benzene rings is 2. The van der Waals surface area contributed by atoms with Crippen molar-refractivity contribution >= 4 is 11.9 Å². The van der Waals surface area contributed by atoms with Gasteiger partial charge >= 0.3 is 11.9 Å². The first-order chi connectivity index (χ1) is 12.7. The number of hydrogen-bond acceptors (Lipinski definition) is 2. The van der Waals surface area contributed by atoms with E-state index in [0.29, 0.717) is 0 Å². The van der Waals surface area contributed by atoms with Crippen molar-refractivity contribution in [3.8, 4) is 0 Å². The number of rotatable bonds is 2. The molecule has 2 aromatic rings. The van der Waals surface area contributed by atoms with E-state index in [1.807, 2.05) is 0 Å². The van der Waals surface area contributed by atoms with Gasteiger partial charge in [0.15, 0.2) is 46.5 Å². The summed E-state index contributed by atoms with van der Waals surface area (Å²) in [4.78, 5) is 20.2. The Balaban J connectivity index is 0.000000523. The summed E-state index contributed by atoms with van der Waals surface area (Å²) in [6.45, 7) is 0. The van der Waals surface area contributed by atoms with E-state index in [2.05, 4.69) is 0 Å². The molecule has 2 rings (SSSR count). The van der Waals surface area contributed by atoms with Gasteiger partial charge in [0.2, 0.25) is 11.6 Å². The Labute approximate surface area is 172 Å². The van der Waals surface area contributed by atoms with Gasteiger partial charge in [-0.15, -0.1) is 0 Å². The van der Waals surface area contributed by atoms with Crippen LogP contribution in [0.15, 0.2) is 0 Å². The second kappa shape index (κ2) is 9.88. The van der Waals surface area contributed by atoms with Gasteiger partial charge in [-0.25, -0.2) is 53.5 Å². The van der Waals surface area contributed by atoms with E-state index in [0.717, 1.165) is 0 Å². The Hall–Kier alpha value is -2.40. The number of hydrogen-bond donors (Lipinski definition) is 2. The van der Waals surface area contributed by atoms with E-state index in [1.54, 1.807) is 0 Å². The minimum atomic E-state index is -2.38. The van der Waals surface area contributed by atoms with E-state index in [1.165, 1.54) is 0 Å². The van der Waals surface area contributed by atoms with Crippen LogP contribution in [0.1, 0.15) is 20.7 Å². The maximum absolute atomic E-state index is 12.6. The average Bonchev–Trinajstić information content (AvgIpc) is 2.61. The Morgan fingerprint density at radius 2 is 0.552 bits per heavy atom.